The molecule has 0 aliphatic heterocycles. The maximum atomic E-state index is 13.7. The highest BCUT2D eigenvalue weighted by molar-refractivity contribution is 14.0. The molecule has 29 heavy (non-hydrogen) atoms. The third kappa shape index (κ3) is 6.77. The summed E-state index contributed by atoms with van der Waals surface area (Å²) in [5, 5.41) is 10.4. The molecule has 0 bridgehead atoms. The van der Waals surface area contributed by atoms with Crippen molar-refractivity contribution in [2.24, 2.45) is 4.99 Å². The number of pyridine rings is 1. The van der Waals surface area contributed by atoms with Crippen LogP contribution in [0.3, 0.4) is 0 Å². The third-order valence-electron chi connectivity index (χ3n) is 3.99. The summed E-state index contributed by atoms with van der Waals surface area (Å²) in [6, 6.07) is 10.7. The number of aliphatic imine (C=N–C) groups is 1. The lowest BCUT2D eigenvalue weighted by Crippen LogP contribution is -2.38. The number of nitrogens with zero attached hydrogens (tertiary/aromatic N) is 4. The molecule has 9 heteroatoms. The fourth-order valence-corrected chi connectivity index (χ4v) is 2.49. The number of aryl methyl sites for hydroxylation is 1. The van der Waals surface area contributed by atoms with Crippen LogP contribution in [-0.4, -0.2) is 34.2 Å². The van der Waals surface area contributed by atoms with Gasteiger partial charge in [0.15, 0.2) is 11.8 Å². The number of hydrogen-bond acceptors (Lipinski definition) is 5. The summed E-state index contributed by atoms with van der Waals surface area (Å²) in [7, 11) is 0. The van der Waals surface area contributed by atoms with Crippen LogP contribution < -0.4 is 10.6 Å². The molecule has 0 saturated carbocycles. The van der Waals surface area contributed by atoms with Crippen LogP contribution in [0.4, 0.5) is 4.39 Å². The fraction of sp³-hybridized carbons (Fsp3) is 0.300. The molecule has 3 aromatic rings. The molecular weight excluding hydrogens is 486 g/mol. The first-order chi connectivity index (χ1) is 13.7. The Morgan fingerprint density at radius 3 is 2.79 bits per heavy atom. The largest absolute Gasteiger partial charge is 0.357 e. The third-order valence-corrected chi connectivity index (χ3v) is 3.99. The van der Waals surface area contributed by atoms with E-state index in [1.165, 1.54) is 6.07 Å². The minimum absolute atomic E-state index is 0. The average molecular weight is 510 g/mol. The summed E-state index contributed by atoms with van der Waals surface area (Å²) in [5.41, 5.74) is 2.09. The second kappa shape index (κ2) is 11.4. The van der Waals surface area contributed by atoms with Gasteiger partial charge in [-0.15, -0.1) is 24.0 Å². The van der Waals surface area contributed by atoms with E-state index in [1.54, 1.807) is 19.2 Å². The highest BCUT2D eigenvalue weighted by Gasteiger charge is 2.09. The molecule has 0 aliphatic carbocycles. The van der Waals surface area contributed by atoms with E-state index >= 15 is 0 Å². The lowest BCUT2D eigenvalue weighted by Gasteiger charge is -2.10. The molecule has 0 amide bonds. The second-order valence-corrected chi connectivity index (χ2v) is 6.19. The number of rotatable bonds is 7. The van der Waals surface area contributed by atoms with Crippen LogP contribution in [0.2, 0.25) is 0 Å². The molecule has 3 rings (SSSR count). The van der Waals surface area contributed by atoms with Crippen molar-refractivity contribution >= 4 is 29.9 Å². The molecule has 154 valence electrons. The smallest absolute Gasteiger partial charge is 0.276 e. The monoisotopic (exact) mass is 510 g/mol. The van der Waals surface area contributed by atoms with E-state index in [1.807, 2.05) is 31.2 Å². The topological polar surface area (TPSA) is 88.2 Å². The SMILES string of the molecule is CCNC(=NCc1ccc(C)c(F)c1)NCCc1noc(-c2ccccn2)n1.I. The maximum absolute atomic E-state index is 13.7. The Balaban J connectivity index is 0.00000300. The summed E-state index contributed by atoms with van der Waals surface area (Å²) in [6.45, 7) is 5.42. The van der Waals surface area contributed by atoms with Crippen LogP contribution >= 0.6 is 24.0 Å². The summed E-state index contributed by atoms with van der Waals surface area (Å²) in [6.07, 6.45) is 2.25. The minimum Gasteiger partial charge on any atom is -0.357 e. The normalized spacial score (nSPS) is 11.1. The lowest BCUT2D eigenvalue weighted by molar-refractivity contribution is 0.421. The quantitative estimate of drug-likeness (QED) is 0.288. The van der Waals surface area contributed by atoms with Gasteiger partial charge < -0.3 is 15.2 Å². The first-order valence-electron chi connectivity index (χ1n) is 9.17. The molecule has 2 aromatic heterocycles. The van der Waals surface area contributed by atoms with Crippen molar-refractivity contribution in [1.29, 1.82) is 0 Å². The number of guanidine groups is 1. The van der Waals surface area contributed by atoms with Gasteiger partial charge >= 0.3 is 0 Å². The van der Waals surface area contributed by atoms with Gasteiger partial charge in [-0.2, -0.15) is 4.98 Å². The average Bonchev–Trinajstić information content (AvgIpc) is 3.18. The molecule has 0 unspecified atom stereocenters. The highest BCUT2D eigenvalue weighted by Crippen LogP contribution is 2.13. The van der Waals surface area contributed by atoms with E-state index < -0.39 is 0 Å². The lowest BCUT2D eigenvalue weighted by atomic mass is 10.1. The van der Waals surface area contributed by atoms with Gasteiger partial charge in [-0.3, -0.25) is 4.98 Å². The number of aromatic nitrogens is 3. The number of benzene rings is 1. The van der Waals surface area contributed by atoms with E-state index in [2.05, 4.69) is 30.8 Å². The van der Waals surface area contributed by atoms with E-state index in [-0.39, 0.29) is 29.8 Å². The van der Waals surface area contributed by atoms with Gasteiger partial charge in [0.2, 0.25) is 0 Å². The van der Waals surface area contributed by atoms with E-state index in [0.29, 0.717) is 48.4 Å². The fourth-order valence-electron chi connectivity index (χ4n) is 2.49. The number of hydrogen-bond donors (Lipinski definition) is 2. The number of halogens is 2. The Labute approximate surface area is 186 Å². The van der Waals surface area contributed by atoms with Crippen molar-refractivity contribution in [2.45, 2.75) is 26.8 Å². The molecule has 2 N–H and O–H groups in total. The molecule has 0 radical (unpaired) electrons. The first-order valence-corrected chi connectivity index (χ1v) is 9.17. The summed E-state index contributed by atoms with van der Waals surface area (Å²) in [5.74, 6) is 1.42. The molecule has 0 saturated heterocycles. The van der Waals surface area contributed by atoms with Crippen molar-refractivity contribution in [1.82, 2.24) is 25.8 Å². The van der Waals surface area contributed by atoms with Crippen molar-refractivity contribution in [3.8, 4) is 11.6 Å². The Morgan fingerprint density at radius 1 is 1.21 bits per heavy atom. The Kier molecular flexibility index (Phi) is 8.97. The number of nitrogens with one attached hydrogen (secondary N) is 2. The van der Waals surface area contributed by atoms with Gasteiger partial charge in [0.05, 0.1) is 6.54 Å². The molecule has 0 fully saturated rings. The predicted molar refractivity (Wildman–Crippen MR) is 121 cm³/mol. The van der Waals surface area contributed by atoms with Crippen molar-refractivity contribution in [3.05, 3.63) is 65.4 Å². The van der Waals surface area contributed by atoms with Gasteiger partial charge in [0.1, 0.15) is 11.5 Å². The zero-order chi connectivity index (χ0) is 19.8. The summed E-state index contributed by atoms with van der Waals surface area (Å²) >= 11 is 0. The van der Waals surface area contributed by atoms with E-state index in [4.69, 9.17) is 4.52 Å². The van der Waals surface area contributed by atoms with Crippen molar-refractivity contribution in [2.75, 3.05) is 13.1 Å². The molecular formula is C20H24FIN6O. The molecule has 2 heterocycles. The summed E-state index contributed by atoms with van der Waals surface area (Å²) < 4.78 is 18.9. The highest BCUT2D eigenvalue weighted by atomic mass is 127. The molecule has 0 spiro atoms. The van der Waals surface area contributed by atoms with Crippen LogP contribution in [0.1, 0.15) is 23.9 Å². The van der Waals surface area contributed by atoms with E-state index in [0.717, 1.165) is 12.1 Å². The zero-order valence-corrected chi connectivity index (χ0v) is 18.7. The predicted octanol–water partition coefficient (Wildman–Crippen LogP) is 3.49. The second-order valence-electron chi connectivity index (χ2n) is 6.19. The molecule has 1 aromatic carbocycles. The Morgan fingerprint density at radius 2 is 2.07 bits per heavy atom. The first kappa shape index (κ1) is 22.7. The van der Waals surface area contributed by atoms with Gasteiger partial charge in [0.25, 0.3) is 5.89 Å². The van der Waals surface area contributed by atoms with Gasteiger partial charge in [-0.25, -0.2) is 9.38 Å². The van der Waals surface area contributed by atoms with Crippen LogP contribution in [0.25, 0.3) is 11.6 Å². The van der Waals surface area contributed by atoms with E-state index in [9.17, 15) is 4.39 Å². The molecule has 0 atom stereocenters. The Hall–Kier alpha value is -2.56. The van der Waals surface area contributed by atoms with Crippen LogP contribution in [0, 0.1) is 12.7 Å². The maximum Gasteiger partial charge on any atom is 0.276 e. The minimum atomic E-state index is -0.216. The van der Waals surface area contributed by atoms with Crippen LogP contribution in [-0.2, 0) is 13.0 Å². The van der Waals surface area contributed by atoms with Gasteiger partial charge in [0, 0.05) is 25.7 Å². The van der Waals surface area contributed by atoms with Gasteiger partial charge in [-0.1, -0.05) is 23.4 Å². The van der Waals surface area contributed by atoms with Gasteiger partial charge in [-0.05, 0) is 43.2 Å². The van der Waals surface area contributed by atoms with Crippen LogP contribution in [0.5, 0.6) is 0 Å². The van der Waals surface area contributed by atoms with Crippen LogP contribution in [0.15, 0.2) is 52.1 Å². The molecule has 7 nitrogen and oxygen atoms in total. The van der Waals surface area contributed by atoms with Crippen molar-refractivity contribution < 1.29 is 8.91 Å². The summed E-state index contributed by atoms with van der Waals surface area (Å²) in [4.78, 5) is 13.0. The van der Waals surface area contributed by atoms with Crippen molar-refractivity contribution in [3.63, 3.8) is 0 Å². The zero-order valence-electron chi connectivity index (χ0n) is 16.4. The molecule has 0 aliphatic rings. The standard InChI is InChI=1S/C20H23FN6O.HI/c1-3-22-20(25-13-15-8-7-14(2)16(21)12-15)24-11-9-18-26-19(28-27-18)17-6-4-5-10-23-17;/h4-8,10,12H,3,9,11,13H2,1-2H3,(H2,22,24,25);1H. The Bertz CT molecular complexity index is 932.